The number of amides is 3. The summed E-state index contributed by atoms with van der Waals surface area (Å²) in [5.74, 6) is -0.510. The standard InChI is InChI=1S/C28H40N10O6/c1-18(2-7-22(39)32-11-13-44-15-14-43-12-8-23(40)31-10-9-29)35-26(41)19-3-5-20(6-4-19)33-16-21-17-34-25-24(36-21)27(42)38-28(30)37-25/h3-6,17-18,33H,2,7-16,29H2,1H3,(H,31,40)(H,32,39)(H,35,41)(H3,30,34,37,38,42)/t18-/m1/s1. The molecule has 0 saturated carbocycles. The maximum atomic E-state index is 12.6. The summed E-state index contributed by atoms with van der Waals surface area (Å²) in [7, 11) is 0. The van der Waals surface area contributed by atoms with Gasteiger partial charge >= 0.3 is 0 Å². The molecule has 0 aliphatic heterocycles. The molecule has 238 valence electrons. The zero-order chi connectivity index (χ0) is 31.7. The van der Waals surface area contributed by atoms with Gasteiger partial charge in [0.15, 0.2) is 11.2 Å². The summed E-state index contributed by atoms with van der Waals surface area (Å²) in [5, 5.41) is 11.5. The molecular weight excluding hydrogens is 572 g/mol. The molecule has 9 N–H and O–H groups in total. The van der Waals surface area contributed by atoms with Crippen LogP contribution in [0.1, 0.15) is 42.2 Å². The van der Waals surface area contributed by atoms with Crippen LogP contribution in [-0.2, 0) is 25.6 Å². The Kier molecular flexibility index (Phi) is 13.9. The van der Waals surface area contributed by atoms with Gasteiger partial charge in [-0.1, -0.05) is 0 Å². The predicted octanol–water partition coefficient (Wildman–Crippen LogP) is -0.580. The van der Waals surface area contributed by atoms with Crippen LogP contribution >= 0.6 is 0 Å². The number of aromatic nitrogens is 4. The molecule has 0 radical (unpaired) electrons. The normalized spacial score (nSPS) is 11.6. The first kappa shape index (κ1) is 33.8. The topological polar surface area (TPSA) is 241 Å². The average Bonchev–Trinajstić information content (AvgIpc) is 3.01. The molecule has 0 unspecified atom stereocenters. The Balaban J connectivity index is 1.26. The van der Waals surface area contributed by atoms with Crippen molar-refractivity contribution in [3.63, 3.8) is 0 Å². The van der Waals surface area contributed by atoms with E-state index in [4.69, 9.17) is 20.9 Å². The second kappa shape index (κ2) is 18.1. The third-order valence-electron chi connectivity index (χ3n) is 6.17. The van der Waals surface area contributed by atoms with Gasteiger partial charge in [-0.2, -0.15) is 4.98 Å². The van der Waals surface area contributed by atoms with Crippen LogP contribution in [0.25, 0.3) is 11.2 Å². The summed E-state index contributed by atoms with van der Waals surface area (Å²) in [5.41, 5.74) is 12.4. The molecule has 44 heavy (non-hydrogen) atoms. The van der Waals surface area contributed by atoms with Gasteiger partial charge in [0.25, 0.3) is 11.5 Å². The van der Waals surface area contributed by atoms with E-state index in [1.807, 2.05) is 6.92 Å². The first-order valence-electron chi connectivity index (χ1n) is 14.3. The van der Waals surface area contributed by atoms with Gasteiger partial charge in [-0.25, -0.2) is 9.97 Å². The fourth-order valence-electron chi connectivity index (χ4n) is 3.85. The zero-order valence-electron chi connectivity index (χ0n) is 24.7. The molecule has 0 aliphatic rings. The number of nitrogens with two attached hydrogens (primary N) is 2. The third kappa shape index (κ3) is 11.9. The molecule has 0 saturated heterocycles. The van der Waals surface area contributed by atoms with Gasteiger partial charge in [0.2, 0.25) is 17.8 Å². The summed E-state index contributed by atoms with van der Waals surface area (Å²) < 4.78 is 10.7. The number of aromatic amines is 1. The molecular formula is C28H40N10O6. The van der Waals surface area contributed by atoms with Crippen molar-refractivity contribution in [1.29, 1.82) is 0 Å². The second-order valence-corrected chi connectivity index (χ2v) is 9.79. The number of benzene rings is 1. The van der Waals surface area contributed by atoms with E-state index in [2.05, 4.69) is 41.2 Å². The number of rotatable bonds is 19. The highest BCUT2D eigenvalue weighted by atomic mass is 16.5. The summed E-state index contributed by atoms with van der Waals surface area (Å²) in [6.45, 7) is 4.70. The number of hydrogen-bond donors (Lipinski definition) is 7. The van der Waals surface area contributed by atoms with Gasteiger partial charge < -0.3 is 42.2 Å². The smallest absolute Gasteiger partial charge is 0.280 e. The van der Waals surface area contributed by atoms with Crippen molar-refractivity contribution in [2.75, 3.05) is 57.1 Å². The van der Waals surface area contributed by atoms with E-state index in [0.717, 1.165) is 5.69 Å². The molecule has 2 aromatic heterocycles. The Labute approximate surface area is 254 Å². The van der Waals surface area contributed by atoms with Crippen LogP contribution in [-0.4, -0.2) is 89.8 Å². The van der Waals surface area contributed by atoms with Gasteiger partial charge in [0, 0.05) is 49.8 Å². The molecule has 3 amide bonds. The molecule has 2 heterocycles. The monoisotopic (exact) mass is 612 g/mol. The summed E-state index contributed by atoms with van der Waals surface area (Å²) in [4.78, 5) is 63.0. The van der Waals surface area contributed by atoms with Gasteiger partial charge in [0.05, 0.1) is 44.9 Å². The van der Waals surface area contributed by atoms with Crippen molar-refractivity contribution < 1.29 is 23.9 Å². The Bertz CT molecular complexity index is 1430. The maximum absolute atomic E-state index is 12.6. The third-order valence-corrected chi connectivity index (χ3v) is 6.17. The molecule has 1 aromatic carbocycles. The minimum atomic E-state index is -0.463. The fourth-order valence-corrected chi connectivity index (χ4v) is 3.85. The van der Waals surface area contributed by atoms with Crippen LogP contribution in [0.15, 0.2) is 35.3 Å². The van der Waals surface area contributed by atoms with Gasteiger partial charge in [0.1, 0.15) is 0 Å². The first-order chi connectivity index (χ1) is 21.2. The minimum absolute atomic E-state index is 0.0247. The number of carbonyl (C=O) groups is 3. The lowest BCUT2D eigenvalue weighted by molar-refractivity contribution is -0.122. The number of nitrogen functional groups attached to an aromatic ring is 1. The number of ether oxygens (including phenoxy) is 2. The van der Waals surface area contributed by atoms with Crippen LogP contribution in [0, 0.1) is 0 Å². The van der Waals surface area contributed by atoms with Crippen molar-refractivity contribution in [2.45, 2.75) is 38.8 Å². The molecule has 0 fully saturated rings. The highest BCUT2D eigenvalue weighted by molar-refractivity contribution is 5.94. The van der Waals surface area contributed by atoms with Crippen molar-refractivity contribution in [2.24, 2.45) is 5.73 Å². The van der Waals surface area contributed by atoms with E-state index in [9.17, 15) is 19.2 Å². The van der Waals surface area contributed by atoms with Crippen LogP contribution in [0.4, 0.5) is 11.6 Å². The molecule has 0 aliphatic carbocycles. The highest BCUT2D eigenvalue weighted by Gasteiger charge is 2.12. The Morgan fingerprint density at radius 2 is 1.66 bits per heavy atom. The highest BCUT2D eigenvalue weighted by Crippen LogP contribution is 2.12. The maximum Gasteiger partial charge on any atom is 0.280 e. The van der Waals surface area contributed by atoms with Crippen molar-refractivity contribution in [3.8, 4) is 0 Å². The molecule has 1 atom stereocenters. The van der Waals surface area contributed by atoms with Gasteiger partial charge in [-0.15, -0.1) is 0 Å². The van der Waals surface area contributed by atoms with E-state index in [1.165, 1.54) is 6.20 Å². The first-order valence-corrected chi connectivity index (χ1v) is 14.3. The molecule has 0 spiro atoms. The van der Waals surface area contributed by atoms with E-state index < -0.39 is 5.56 Å². The number of hydrogen-bond acceptors (Lipinski definition) is 12. The number of fused-ring (bicyclic) bond motifs is 1. The lowest BCUT2D eigenvalue weighted by Crippen LogP contribution is -2.34. The lowest BCUT2D eigenvalue weighted by Gasteiger charge is -2.14. The Hall–Kier alpha value is -4.67. The minimum Gasteiger partial charge on any atom is -0.379 e. The van der Waals surface area contributed by atoms with Crippen LogP contribution < -0.4 is 38.3 Å². The van der Waals surface area contributed by atoms with E-state index in [-0.39, 0.29) is 53.7 Å². The number of nitrogens with one attached hydrogen (secondary N) is 5. The summed E-state index contributed by atoms with van der Waals surface area (Å²) in [6, 6.07) is 6.68. The average molecular weight is 613 g/mol. The molecule has 16 heteroatoms. The van der Waals surface area contributed by atoms with Crippen molar-refractivity contribution >= 4 is 40.5 Å². The molecule has 3 rings (SSSR count). The van der Waals surface area contributed by atoms with Gasteiger partial charge in [-0.05, 0) is 37.6 Å². The van der Waals surface area contributed by atoms with E-state index >= 15 is 0 Å². The SMILES string of the molecule is C[C@H](CCC(=O)NCCOCCOCCC(=O)NCCN)NC(=O)c1ccc(NCc2cnc3nc(N)[nH]c(=O)c3n2)cc1. The predicted molar refractivity (Wildman–Crippen MR) is 164 cm³/mol. The summed E-state index contributed by atoms with van der Waals surface area (Å²) in [6.07, 6.45) is 2.51. The van der Waals surface area contributed by atoms with Crippen molar-refractivity contribution in [3.05, 3.63) is 52.1 Å². The Morgan fingerprint density at radius 3 is 2.41 bits per heavy atom. The van der Waals surface area contributed by atoms with E-state index in [1.54, 1.807) is 24.3 Å². The number of nitrogens with zero attached hydrogens (tertiary/aromatic N) is 3. The quantitative estimate of drug-likeness (QED) is 0.0841. The number of H-pyrrole nitrogens is 1. The fraction of sp³-hybridized carbons (Fsp3) is 0.464. The molecule has 3 aromatic rings. The van der Waals surface area contributed by atoms with Crippen molar-refractivity contribution in [1.82, 2.24) is 35.9 Å². The van der Waals surface area contributed by atoms with Crippen LogP contribution in [0.2, 0.25) is 0 Å². The zero-order valence-corrected chi connectivity index (χ0v) is 24.7. The summed E-state index contributed by atoms with van der Waals surface area (Å²) >= 11 is 0. The van der Waals surface area contributed by atoms with Crippen LogP contribution in [0.5, 0.6) is 0 Å². The molecule has 0 bridgehead atoms. The van der Waals surface area contributed by atoms with Crippen LogP contribution in [0.3, 0.4) is 0 Å². The van der Waals surface area contributed by atoms with E-state index in [0.29, 0.717) is 70.3 Å². The Morgan fingerprint density at radius 1 is 0.955 bits per heavy atom. The molecule has 16 nitrogen and oxygen atoms in total. The largest absolute Gasteiger partial charge is 0.379 e. The number of anilines is 2. The lowest BCUT2D eigenvalue weighted by atomic mass is 10.1. The van der Waals surface area contributed by atoms with Gasteiger partial charge in [-0.3, -0.25) is 24.2 Å². The second-order valence-electron chi connectivity index (χ2n) is 9.79. The number of carbonyl (C=O) groups excluding carboxylic acids is 3.